The third-order valence-electron chi connectivity index (χ3n) is 2.58. The number of carbonyl (C=O) groups excluding carboxylic acids is 1. The van der Waals surface area contributed by atoms with E-state index in [4.69, 9.17) is 5.73 Å². The summed E-state index contributed by atoms with van der Waals surface area (Å²) < 4.78 is 1.35. The van der Waals surface area contributed by atoms with Crippen LogP contribution in [0.5, 0.6) is 0 Å². The molecule has 100 valence electrons. The van der Waals surface area contributed by atoms with E-state index in [1.807, 2.05) is 13.0 Å². The maximum Gasteiger partial charge on any atom is 0.262 e. The minimum absolute atomic E-state index is 0.136. The highest BCUT2D eigenvalue weighted by Crippen LogP contribution is 2.18. The highest BCUT2D eigenvalue weighted by molar-refractivity contribution is 7.99. The van der Waals surface area contributed by atoms with E-state index in [1.165, 1.54) is 16.3 Å². The van der Waals surface area contributed by atoms with E-state index in [0.717, 1.165) is 12.2 Å². The van der Waals surface area contributed by atoms with Crippen LogP contribution >= 0.6 is 11.8 Å². The van der Waals surface area contributed by atoms with Crippen LogP contribution in [0.25, 0.3) is 10.9 Å². The van der Waals surface area contributed by atoms with Gasteiger partial charge in [0.15, 0.2) is 5.16 Å². The molecular weight excluding hydrogens is 262 g/mol. The van der Waals surface area contributed by atoms with Crippen molar-refractivity contribution in [2.45, 2.75) is 25.0 Å². The molecule has 0 fully saturated rings. The second-order valence-corrected chi connectivity index (χ2v) is 5.18. The number of hydrogen-bond donors (Lipinski definition) is 1. The predicted octanol–water partition coefficient (Wildman–Crippen LogP) is 1.38. The van der Waals surface area contributed by atoms with Gasteiger partial charge in [-0.15, -0.1) is 0 Å². The van der Waals surface area contributed by atoms with E-state index < -0.39 is 5.91 Å². The van der Waals surface area contributed by atoms with E-state index in [9.17, 15) is 9.59 Å². The predicted molar refractivity (Wildman–Crippen MR) is 76.2 cm³/mol. The van der Waals surface area contributed by atoms with Crippen LogP contribution in [0.4, 0.5) is 0 Å². The van der Waals surface area contributed by atoms with Gasteiger partial charge in [-0.3, -0.25) is 14.2 Å². The lowest BCUT2D eigenvalue weighted by atomic mass is 10.2. The van der Waals surface area contributed by atoms with E-state index in [2.05, 4.69) is 4.98 Å². The van der Waals surface area contributed by atoms with Gasteiger partial charge in [0, 0.05) is 5.75 Å². The molecular formula is C13H15N3O2S. The van der Waals surface area contributed by atoms with Gasteiger partial charge in [0.2, 0.25) is 5.91 Å². The first-order valence-corrected chi connectivity index (χ1v) is 7.02. The quantitative estimate of drug-likeness (QED) is 0.661. The Morgan fingerprint density at radius 2 is 2.16 bits per heavy atom. The summed E-state index contributed by atoms with van der Waals surface area (Å²) in [4.78, 5) is 27.9. The first kappa shape index (κ1) is 13.6. The Morgan fingerprint density at radius 1 is 1.42 bits per heavy atom. The number of amides is 1. The summed E-state index contributed by atoms with van der Waals surface area (Å²) in [5.41, 5.74) is 5.63. The lowest BCUT2D eigenvalue weighted by Gasteiger charge is -2.11. The molecule has 0 aliphatic carbocycles. The molecule has 19 heavy (non-hydrogen) atoms. The highest BCUT2D eigenvalue weighted by atomic mass is 32.2. The molecule has 0 saturated heterocycles. The highest BCUT2D eigenvalue weighted by Gasteiger charge is 2.12. The molecule has 0 aliphatic heterocycles. The van der Waals surface area contributed by atoms with Gasteiger partial charge in [0.25, 0.3) is 5.56 Å². The average molecular weight is 277 g/mol. The molecule has 0 aliphatic rings. The monoisotopic (exact) mass is 277 g/mol. The lowest BCUT2D eigenvalue weighted by molar-refractivity contribution is -0.118. The van der Waals surface area contributed by atoms with Crippen molar-refractivity contribution in [1.82, 2.24) is 9.55 Å². The van der Waals surface area contributed by atoms with Crippen molar-refractivity contribution in [3.8, 4) is 0 Å². The van der Waals surface area contributed by atoms with Gasteiger partial charge >= 0.3 is 0 Å². The van der Waals surface area contributed by atoms with Gasteiger partial charge in [0.05, 0.1) is 10.9 Å². The Hall–Kier alpha value is -1.82. The summed E-state index contributed by atoms with van der Waals surface area (Å²) >= 11 is 1.46. The topological polar surface area (TPSA) is 78.0 Å². The maximum atomic E-state index is 12.3. The fraction of sp³-hybridized carbons (Fsp3) is 0.308. The molecule has 0 bridgehead atoms. The van der Waals surface area contributed by atoms with Crippen molar-refractivity contribution in [1.29, 1.82) is 0 Å². The van der Waals surface area contributed by atoms with Crippen LogP contribution in [0, 0.1) is 0 Å². The molecule has 2 N–H and O–H groups in total. The number of aromatic nitrogens is 2. The number of para-hydroxylation sites is 1. The van der Waals surface area contributed by atoms with E-state index in [0.29, 0.717) is 16.1 Å². The Bertz CT molecular complexity index is 666. The fourth-order valence-corrected chi connectivity index (χ4v) is 2.60. The minimum Gasteiger partial charge on any atom is -0.368 e. The number of rotatable bonds is 5. The van der Waals surface area contributed by atoms with Crippen molar-refractivity contribution in [3.63, 3.8) is 0 Å². The van der Waals surface area contributed by atoms with Crippen LogP contribution in [0.3, 0.4) is 0 Å². The molecule has 0 atom stereocenters. The van der Waals surface area contributed by atoms with Crippen molar-refractivity contribution < 1.29 is 4.79 Å². The SMILES string of the molecule is CCCSc1nc2ccccc2c(=O)n1CC(N)=O. The zero-order chi connectivity index (χ0) is 13.8. The van der Waals surface area contributed by atoms with Crippen LogP contribution in [0.1, 0.15) is 13.3 Å². The molecule has 1 aromatic heterocycles. The minimum atomic E-state index is -0.544. The summed E-state index contributed by atoms with van der Waals surface area (Å²) in [6, 6.07) is 7.11. The van der Waals surface area contributed by atoms with Gasteiger partial charge in [-0.1, -0.05) is 30.8 Å². The van der Waals surface area contributed by atoms with Crippen molar-refractivity contribution >= 4 is 28.6 Å². The number of benzene rings is 1. The normalized spacial score (nSPS) is 10.8. The number of carbonyl (C=O) groups is 1. The first-order chi connectivity index (χ1) is 9.13. The molecule has 1 heterocycles. The number of fused-ring (bicyclic) bond motifs is 1. The summed E-state index contributed by atoms with van der Waals surface area (Å²) in [5.74, 6) is 0.293. The van der Waals surface area contributed by atoms with Gasteiger partial charge in [-0.05, 0) is 18.6 Å². The molecule has 1 aromatic carbocycles. The summed E-state index contributed by atoms with van der Waals surface area (Å²) in [6.45, 7) is 1.91. The van der Waals surface area contributed by atoms with Crippen LogP contribution in [0.2, 0.25) is 0 Å². The fourth-order valence-electron chi connectivity index (χ4n) is 1.75. The number of nitrogens with zero attached hydrogens (tertiary/aromatic N) is 2. The molecule has 2 rings (SSSR count). The summed E-state index contributed by atoms with van der Waals surface area (Å²) in [7, 11) is 0. The second kappa shape index (κ2) is 5.88. The zero-order valence-corrected chi connectivity index (χ0v) is 11.4. The van der Waals surface area contributed by atoms with E-state index in [-0.39, 0.29) is 12.1 Å². The standard InChI is InChI=1S/C13H15N3O2S/c1-2-7-19-13-15-10-6-4-3-5-9(10)12(18)16(13)8-11(14)17/h3-6H,2,7-8H2,1H3,(H2,14,17). The molecule has 0 spiro atoms. The van der Waals surface area contributed by atoms with Gasteiger partial charge < -0.3 is 5.73 Å². The Kier molecular flexibility index (Phi) is 4.21. The molecule has 2 aromatic rings. The van der Waals surface area contributed by atoms with E-state index in [1.54, 1.807) is 18.2 Å². The second-order valence-electron chi connectivity index (χ2n) is 4.12. The number of thioether (sulfide) groups is 1. The summed E-state index contributed by atoms with van der Waals surface area (Å²) in [5, 5.41) is 1.05. The average Bonchev–Trinajstić information content (AvgIpc) is 2.40. The largest absolute Gasteiger partial charge is 0.368 e. The maximum absolute atomic E-state index is 12.3. The van der Waals surface area contributed by atoms with Crippen molar-refractivity contribution in [3.05, 3.63) is 34.6 Å². The number of primary amides is 1. The lowest BCUT2D eigenvalue weighted by Crippen LogP contribution is -2.30. The van der Waals surface area contributed by atoms with Crippen LogP contribution in [0.15, 0.2) is 34.2 Å². The molecule has 0 saturated carbocycles. The third kappa shape index (κ3) is 2.96. The van der Waals surface area contributed by atoms with Gasteiger partial charge in [-0.25, -0.2) is 4.98 Å². The van der Waals surface area contributed by atoms with Crippen molar-refractivity contribution in [2.24, 2.45) is 5.73 Å². The zero-order valence-electron chi connectivity index (χ0n) is 10.6. The van der Waals surface area contributed by atoms with Crippen LogP contribution in [-0.4, -0.2) is 21.2 Å². The Morgan fingerprint density at radius 3 is 2.84 bits per heavy atom. The van der Waals surface area contributed by atoms with Crippen LogP contribution < -0.4 is 11.3 Å². The van der Waals surface area contributed by atoms with Crippen LogP contribution in [-0.2, 0) is 11.3 Å². The molecule has 0 unspecified atom stereocenters. The van der Waals surface area contributed by atoms with Gasteiger partial charge in [0.1, 0.15) is 6.54 Å². The first-order valence-electron chi connectivity index (χ1n) is 6.04. The Labute approximate surface area is 114 Å². The smallest absolute Gasteiger partial charge is 0.262 e. The van der Waals surface area contributed by atoms with E-state index >= 15 is 0 Å². The van der Waals surface area contributed by atoms with Gasteiger partial charge in [-0.2, -0.15) is 0 Å². The molecule has 5 nitrogen and oxygen atoms in total. The van der Waals surface area contributed by atoms with Crippen molar-refractivity contribution in [2.75, 3.05) is 5.75 Å². The Balaban J connectivity index is 2.62. The molecule has 0 radical (unpaired) electrons. The third-order valence-corrected chi connectivity index (χ3v) is 3.76. The molecule has 1 amide bonds. The summed E-state index contributed by atoms with van der Waals surface area (Å²) in [6.07, 6.45) is 0.962. The number of nitrogens with two attached hydrogens (primary N) is 1. The molecule has 6 heteroatoms. The number of hydrogen-bond acceptors (Lipinski definition) is 4.